The molecule has 0 bridgehead atoms. The van der Waals surface area contributed by atoms with Gasteiger partial charge in [-0.2, -0.15) is 0 Å². The smallest absolute Gasteiger partial charge is 0.303 e. The van der Waals surface area contributed by atoms with E-state index >= 15 is 0 Å². The van der Waals surface area contributed by atoms with Gasteiger partial charge in [0.1, 0.15) is 18.8 Å². The van der Waals surface area contributed by atoms with Crippen LogP contribution in [0.3, 0.4) is 0 Å². The van der Waals surface area contributed by atoms with Crippen LogP contribution in [0.4, 0.5) is 0 Å². The van der Waals surface area contributed by atoms with Crippen LogP contribution in [0.1, 0.15) is 48.5 Å². The van der Waals surface area contributed by atoms with Crippen LogP contribution in [0, 0.1) is 0 Å². The SMILES string of the molecule is CC(=O)OC[C@H]1O[C@H](O[C@H]2O[C@@H](CN=[N+]=[N-])[C@@H](OC(C)=O)[C@H](OC(C)=O)[C@H]2OC(C)=O)[C@H](OC(C)=O)[C@@H](OC(C)=O)[C@@H]1OC(C)=O. The minimum absolute atomic E-state index is 0.516. The summed E-state index contributed by atoms with van der Waals surface area (Å²) < 4.78 is 54.9. The van der Waals surface area contributed by atoms with Gasteiger partial charge in [-0.3, -0.25) is 33.6 Å². The Morgan fingerprint density at radius 1 is 0.543 bits per heavy atom. The summed E-state index contributed by atoms with van der Waals surface area (Å²) in [4.78, 5) is 86.9. The first kappa shape index (κ1) is 37.7. The van der Waals surface area contributed by atoms with Crippen LogP contribution in [0.25, 0.3) is 10.4 Å². The molecular weight excluding hydrogens is 626 g/mol. The first-order chi connectivity index (χ1) is 21.5. The third-order valence-electron chi connectivity index (χ3n) is 6.04. The van der Waals surface area contributed by atoms with Crippen LogP contribution in [0.15, 0.2) is 5.11 Å². The maximum Gasteiger partial charge on any atom is 0.303 e. The first-order valence-electron chi connectivity index (χ1n) is 13.7. The minimum Gasteiger partial charge on any atom is -0.463 e. The highest BCUT2D eigenvalue weighted by atomic mass is 16.8. The second kappa shape index (κ2) is 17.2. The summed E-state index contributed by atoms with van der Waals surface area (Å²) in [5.41, 5.74) is 8.93. The Hall–Kier alpha value is -4.52. The fourth-order valence-corrected chi connectivity index (χ4v) is 4.66. The summed E-state index contributed by atoms with van der Waals surface area (Å²) >= 11 is 0. The van der Waals surface area contributed by atoms with Crippen molar-refractivity contribution in [2.75, 3.05) is 13.2 Å². The molecule has 20 heteroatoms. The van der Waals surface area contributed by atoms with E-state index in [1.807, 2.05) is 0 Å². The van der Waals surface area contributed by atoms with Gasteiger partial charge in [0.05, 0.1) is 6.54 Å². The largest absolute Gasteiger partial charge is 0.463 e. The number of rotatable bonds is 12. The van der Waals surface area contributed by atoms with E-state index in [0.29, 0.717) is 0 Å². The van der Waals surface area contributed by atoms with Crippen LogP contribution >= 0.6 is 0 Å². The zero-order valence-corrected chi connectivity index (χ0v) is 26.0. The van der Waals surface area contributed by atoms with Gasteiger partial charge in [-0.05, 0) is 5.53 Å². The highest BCUT2D eigenvalue weighted by Gasteiger charge is 2.57. The number of ether oxygens (including phenoxy) is 10. The molecule has 10 atom stereocenters. The molecule has 0 N–H and O–H groups in total. The molecule has 0 spiro atoms. The zero-order chi connectivity index (χ0) is 34.7. The molecule has 0 aromatic heterocycles. The van der Waals surface area contributed by atoms with Gasteiger partial charge in [0.15, 0.2) is 36.6 Å². The molecule has 46 heavy (non-hydrogen) atoms. The number of carbonyl (C=O) groups is 7. The highest BCUT2D eigenvalue weighted by molar-refractivity contribution is 5.69. The summed E-state index contributed by atoms with van der Waals surface area (Å²) in [6.07, 6.45) is -16.1. The summed E-state index contributed by atoms with van der Waals surface area (Å²) in [7, 11) is 0. The Balaban J connectivity index is 2.69. The van der Waals surface area contributed by atoms with Crippen LogP contribution in [0.5, 0.6) is 0 Å². The molecule has 0 unspecified atom stereocenters. The van der Waals surface area contributed by atoms with Crippen molar-refractivity contribution in [3.05, 3.63) is 10.4 Å². The summed E-state index contributed by atoms with van der Waals surface area (Å²) in [6.45, 7) is 6.10. The molecule has 2 aliphatic heterocycles. The molecule has 2 fully saturated rings. The van der Waals surface area contributed by atoms with Crippen molar-refractivity contribution in [1.29, 1.82) is 0 Å². The Bertz CT molecular complexity index is 1220. The Morgan fingerprint density at radius 3 is 1.26 bits per heavy atom. The van der Waals surface area contributed by atoms with Crippen molar-refractivity contribution < 1.29 is 80.9 Å². The van der Waals surface area contributed by atoms with Crippen LogP contribution in [-0.2, 0) is 80.9 Å². The van der Waals surface area contributed by atoms with Crippen molar-refractivity contribution in [3.63, 3.8) is 0 Å². The monoisotopic (exact) mass is 661 g/mol. The fraction of sp³-hybridized carbons (Fsp3) is 0.731. The van der Waals surface area contributed by atoms with E-state index in [0.717, 1.165) is 48.5 Å². The van der Waals surface area contributed by atoms with Gasteiger partial charge in [-0.15, -0.1) is 0 Å². The third kappa shape index (κ3) is 11.1. The quantitative estimate of drug-likeness (QED) is 0.0870. The van der Waals surface area contributed by atoms with Crippen molar-refractivity contribution >= 4 is 41.8 Å². The molecule has 0 radical (unpaired) electrons. The molecule has 2 aliphatic rings. The van der Waals surface area contributed by atoms with Crippen LogP contribution < -0.4 is 0 Å². The molecule has 2 saturated heterocycles. The van der Waals surface area contributed by atoms with Gasteiger partial charge in [-0.25, -0.2) is 0 Å². The van der Waals surface area contributed by atoms with Gasteiger partial charge >= 0.3 is 41.8 Å². The molecular formula is C26H35N3O17. The maximum atomic E-state index is 12.2. The summed E-state index contributed by atoms with van der Waals surface area (Å²) in [6, 6.07) is 0. The number of esters is 7. The van der Waals surface area contributed by atoms with Crippen molar-refractivity contribution in [3.8, 4) is 0 Å². The van der Waals surface area contributed by atoms with E-state index in [4.69, 9.17) is 52.9 Å². The van der Waals surface area contributed by atoms with E-state index in [1.165, 1.54) is 0 Å². The molecule has 20 nitrogen and oxygen atoms in total. The predicted octanol–water partition coefficient (Wildman–Crippen LogP) is -0.0836. The standard InChI is InChI=1S/C26H35N3O17/c1-10(30)37-9-18-20(39-12(3)32)22(41-14(5)34)24(43-16(7)36)26(45-18)46-25-23(42-15(6)35)21(40-13(4)33)19(38-11(2)31)17(44-25)8-28-29-27/h17-26H,8-9H2,1-7H3/t17-,18+,19+,20+,21-,22-,23+,24+,25+,26+/m0/s1. The van der Waals surface area contributed by atoms with Crippen LogP contribution in [-0.4, -0.2) is 116 Å². The van der Waals surface area contributed by atoms with E-state index in [-0.39, 0.29) is 0 Å². The molecule has 0 aliphatic carbocycles. The molecule has 0 aromatic carbocycles. The molecule has 256 valence electrons. The number of hydrogen-bond acceptors (Lipinski definition) is 18. The van der Waals surface area contributed by atoms with E-state index < -0.39 is 116 Å². The predicted molar refractivity (Wildman–Crippen MR) is 142 cm³/mol. The molecule has 0 amide bonds. The lowest BCUT2D eigenvalue weighted by Gasteiger charge is -2.48. The Labute approximate surface area is 261 Å². The lowest BCUT2D eigenvalue weighted by Crippen LogP contribution is -2.66. The van der Waals surface area contributed by atoms with E-state index in [1.54, 1.807) is 0 Å². The maximum absolute atomic E-state index is 12.2. The summed E-state index contributed by atoms with van der Waals surface area (Å²) in [5, 5.41) is 3.43. The topological polar surface area (TPSA) is 261 Å². The van der Waals surface area contributed by atoms with Gasteiger partial charge in [0.2, 0.25) is 12.6 Å². The molecule has 0 saturated carbocycles. The van der Waals surface area contributed by atoms with Gasteiger partial charge in [0.25, 0.3) is 0 Å². The van der Waals surface area contributed by atoms with Crippen molar-refractivity contribution in [1.82, 2.24) is 0 Å². The number of azide groups is 1. The zero-order valence-electron chi connectivity index (χ0n) is 26.0. The van der Waals surface area contributed by atoms with Gasteiger partial charge in [-0.1, -0.05) is 5.11 Å². The lowest BCUT2D eigenvalue weighted by atomic mass is 9.96. The first-order valence-corrected chi connectivity index (χ1v) is 13.7. The number of carbonyl (C=O) groups excluding carboxylic acids is 7. The lowest BCUT2D eigenvalue weighted by molar-refractivity contribution is -0.375. The Kier molecular flexibility index (Phi) is 14.1. The Morgan fingerprint density at radius 2 is 0.891 bits per heavy atom. The molecule has 2 rings (SSSR count). The van der Waals surface area contributed by atoms with E-state index in [2.05, 4.69) is 10.0 Å². The summed E-state index contributed by atoms with van der Waals surface area (Å²) in [5.74, 6) is -6.18. The van der Waals surface area contributed by atoms with Gasteiger partial charge in [0, 0.05) is 53.4 Å². The molecule has 2 heterocycles. The van der Waals surface area contributed by atoms with Crippen molar-refractivity contribution in [2.24, 2.45) is 5.11 Å². The number of hydrogen-bond donors (Lipinski definition) is 0. The van der Waals surface area contributed by atoms with Crippen LogP contribution in [0.2, 0.25) is 0 Å². The van der Waals surface area contributed by atoms with Gasteiger partial charge < -0.3 is 47.4 Å². The average Bonchev–Trinajstić information content (AvgIpc) is 2.91. The van der Waals surface area contributed by atoms with E-state index in [9.17, 15) is 33.6 Å². The third-order valence-corrected chi connectivity index (χ3v) is 6.04. The highest BCUT2D eigenvalue weighted by Crippen LogP contribution is 2.35. The second-order valence-corrected chi connectivity index (χ2v) is 9.88. The fourth-order valence-electron chi connectivity index (χ4n) is 4.66. The molecule has 0 aromatic rings. The second-order valence-electron chi connectivity index (χ2n) is 9.88. The minimum atomic E-state index is -1.83. The average molecular weight is 662 g/mol. The normalized spacial score (nSPS) is 30.3. The number of nitrogens with zero attached hydrogens (tertiary/aromatic N) is 3. The van der Waals surface area contributed by atoms with Crippen molar-refractivity contribution in [2.45, 2.75) is 110 Å².